The second-order valence-corrected chi connectivity index (χ2v) is 5.89. The molecule has 108 valence electrons. The number of rotatable bonds is 7. The number of carbonyl (C=O) groups is 1. The molecule has 0 saturated heterocycles. The van der Waals surface area contributed by atoms with Crippen molar-refractivity contribution < 1.29 is 14.3 Å². The van der Waals surface area contributed by atoms with Gasteiger partial charge in [-0.3, -0.25) is 0 Å². The van der Waals surface area contributed by atoms with Gasteiger partial charge in [0, 0.05) is 11.9 Å². The van der Waals surface area contributed by atoms with E-state index in [0.29, 0.717) is 11.5 Å². The molecule has 1 aromatic carbocycles. The molecule has 0 aliphatic rings. The van der Waals surface area contributed by atoms with Crippen LogP contribution in [0.25, 0.3) is 11.0 Å². The molecule has 2 aromatic rings. The summed E-state index contributed by atoms with van der Waals surface area (Å²) in [4.78, 5) is 10.9. The van der Waals surface area contributed by atoms with E-state index < -0.39 is 5.97 Å². The molecule has 1 unspecified atom stereocenters. The van der Waals surface area contributed by atoms with E-state index in [2.05, 4.69) is 18.5 Å². The van der Waals surface area contributed by atoms with E-state index in [1.165, 1.54) is 0 Å². The van der Waals surface area contributed by atoms with Crippen LogP contribution >= 0.6 is 11.8 Å². The van der Waals surface area contributed by atoms with Gasteiger partial charge in [0.05, 0.1) is 0 Å². The third-order valence-electron chi connectivity index (χ3n) is 3.06. The van der Waals surface area contributed by atoms with Crippen molar-refractivity contribution in [3.8, 4) is 0 Å². The van der Waals surface area contributed by atoms with Gasteiger partial charge in [0.25, 0.3) is 0 Å². The molecule has 1 atom stereocenters. The number of fused-ring (bicyclic) bond motifs is 1. The first-order valence-electron chi connectivity index (χ1n) is 6.55. The molecule has 1 heterocycles. The normalized spacial score (nSPS) is 12.7. The Kier molecular flexibility index (Phi) is 5.09. The fourth-order valence-corrected chi connectivity index (χ4v) is 2.80. The van der Waals surface area contributed by atoms with Gasteiger partial charge in [0.2, 0.25) is 5.76 Å². The largest absolute Gasteiger partial charge is 0.475 e. The summed E-state index contributed by atoms with van der Waals surface area (Å²) in [5.41, 5.74) is 1.74. The first-order chi connectivity index (χ1) is 9.60. The first kappa shape index (κ1) is 14.9. The highest BCUT2D eigenvalue weighted by atomic mass is 32.2. The van der Waals surface area contributed by atoms with Crippen molar-refractivity contribution in [2.24, 2.45) is 5.92 Å². The van der Waals surface area contributed by atoms with Crippen LogP contribution in [0.3, 0.4) is 0 Å². The highest BCUT2D eigenvalue weighted by Crippen LogP contribution is 2.20. The molecule has 2 N–H and O–H groups in total. The summed E-state index contributed by atoms with van der Waals surface area (Å²) in [6.45, 7) is 3.98. The van der Waals surface area contributed by atoms with Crippen LogP contribution in [0, 0.1) is 5.92 Å². The predicted molar refractivity (Wildman–Crippen MR) is 82.4 cm³/mol. The van der Waals surface area contributed by atoms with Gasteiger partial charge in [-0.15, -0.1) is 0 Å². The van der Waals surface area contributed by atoms with Crippen LogP contribution in [0.15, 0.2) is 28.7 Å². The molecule has 1 aromatic heterocycles. The molecular weight excluding hydrogens is 274 g/mol. The Morgan fingerprint density at radius 1 is 1.45 bits per heavy atom. The Morgan fingerprint density at radius 3 is 2.95 bits per heavy atom. The molecule has 0 fully saturated rings. The minimum absolute atomic E-state index is 0.0151. The van der Waals surface area contributed by atoms with E-state index in [1.54, 1.807) is 6.07 Å². The van der Waals surface area contributed by atoms with E-state index >= 15 is 0 Å². The van der Waals surface area contributed by atoms with Gasteiger partial charge >= 0.3 is 5.97 Å². The van der Waals surface area contributed by atoms with Crippen molar-refractivity contribution in [1.82, 2.24) is 5.32 Å². The number of aromatic carboxylic acids is 1. The van der Waals surface area contributed by atoms with Crippen LogP contribution in [0.5, 0.6) is 0 Å². The maximum atomic E-state index is 10.9. The summed E-state index contributed by atoms with van der Waals surface area (Å²) in [6, 6.07) is 7.32. The van der Waals surface area contributed by atoms with Gasteiger partial charge < -0.3 is 14.8 Å². The van der Waals surface area contributed by atoms with Crippen LogP contribution in [0.1, 0.15) is 23.0 Å². The summed E-state index contributed by atoms with van der Waals surface area (Å²) in [5, 5.41) is 13.2. The maximum Gasteiger partial charge on any atom is 0.371 e. The quantitative estimate of drug-likeness (QED) is 0.820. The number of carboxylic acid groups (broad SMARTS) is 1. The van der Waals surface area contributed by atoms with E-state index in [0.717, 1.165) is 29.8 Å². The lowest BCUT2D eigenvalue weighted by atomic mass is 10.1. The fraction of sp³-hybridized carbons (Fsp3) is 0.400. The molecule has 0 bridgehead atoms. The molecule has 0 saturated carbocycles. The number of carboxylic acids is 1. The van der Waals surface area contributed by atoms with Crippen molar-refractivity contribution in [3.63, 3.8) is 0 Å². The molecular formula is C15H19NO3S. The zero-order valence-electron chi connectivity index (χ0n) is 11.7. The minimum atomic E-state index is -1.04. The summed E-state index contributed by atoms with van der Waals surface area (Å²) in [6.07, 6.45) is 2.11. The number of hydrogen-bond acceptors (Lipinski definition) is 4. The molecule has 2 rings (SSSR count). The highest BCUT2D eigenvalue weighted by molar-refractivity contribution is 7.98. The average molecular weight is 293 g/mol. The lowest BCUT2D eigenvalue weighted by Gasteiger charge is -2.11. The Hall–Kier alpha value is -1.46. The topological polar surface area (TPSA) is 62.5 Å². The standard InChI is InChI=1S/C15H19NO3S/c1-10(9-20-2)7-16-8-11-3-4-13-12(5-11)6-14(19-13)15(17)18/h3-6,10,16H,7-9H2,1-2H3,(H,17,18). The van der Waals surface area contributed by atoms with Crippen LogP contribution in [-0.4, -0.2) is 29.6 Å². The molecule has 0 radical (unpaired) electrons. The molecule has 5 heteroatoms. The molecule has 0 spiro atoms. The lowest BCUT2D eigenvalue weighted by Crippen LogP contribution is -2.21. The molecule has 0 aliphatic heterocycles. The van der Waals surface area contributed by atoms with Crippen LogP contribution < -0.4 is 5.32 Å². The van der Waals surface area contributed by atoms with Gasteiger partial charge in [0.1, 0.15) is 5.58 Å². The van der Waals surface area contributed by atoms with E-state index in [1.807, 2.05) is 30.0 Å². The zero-order chi connectivity index (χ0) is 14.5. The smallest absolute Gasteiger partial charge is 0.371 e. The molecule has 20 heavy (non-hydrogen) atoms. The maximum absolute atomic E-state index is 10.9. The van der Waals surface area contributed by atoms with Crippen molar-refractivity contribution in [2.45, 2.75) is 13.5 Å². The molecule has 0 amide bonds. The van der Waals surface area contributed by atoms with E-state index in [4.69, 9.17) is 9.52 Å². The van der Waals surface area contributed by atoms with Gasteiger partial charge in [0.15, 0.2) is 0 Å². The first-order valence-corrected chi connectivity index (χ1v) is 7.95. The van der Waals surface area contributed by atoms with Gasteiger partial charge in [-0.2, -0.15) is 11.8 Å². The Labute approximate surface area is 122 Å². The molecule has 0 aliphatic carbocycles. The number of furan rings is 1. The third kappa shape index (κ3) is 3.77. The number of hydrogen-bond donors (Lipinski definition) is 2. The Balaban J connectivity index is 1.99. The summed E-state index contributed by atoms with van der Waals surface area (Å²) in [5.74, 6) is 0.738. The number of thioether (sulfide) groups is 1. The van der Waals surface area contributed by atoms with E-state index in [-0.39, 0.29) is 5.76 Å². The molecule has 4 nitrogen and oxygen atoms in total. The van der Waals surface area contributed by atoms with Gasteiger partial charge in [-0.1, -0.05) is 13.0 Å². The third-order valence-corrected chi connectivity index (χ3v) is 3.97. The van der Waals surface area contributed by atoms with Gasteiger partial charge in [-0.05, 0) is 48.2 Å². The van der Waals surface area contributed by atoms with Crippen molar-refractivity contribution in [1.29, 1.82) is 0 Å². The predicted octanol–water partition coefficient (Wildman–Crippen LogP) is 3.22. The van der Waals surface area contributed by atoms with Crippen molar-refractivity contribution in [3.05, 3.63) is 35.6 Å². The lowest BCUT2D eigenvalue weighted by molar-refractivity contribution is 0.0665. The summed E-state index contributed by atoms with van der Waals surface area (Å²) in [7, 11) is 0. The SMILES string of the molecule is CSCC(C)CNCc1ccc2oc(C(=O)O)cc2c1. The zero-order valence-corrected chi connectivity index (χ0v) is 12.5. The van der Waals surface area contributed by atoms with E-state index in [9.17, 15) is 4.79 Å². The number of nitrogens with one attached hydrogen (secondary N) is 1. The monoisotopic (exact) mass is 293 g/mol. The second kappa shape index (κ2) is 6.81. The second-order valence-electron chi connectivity index (χ2n) is 4.98. The Morgan fingerprint density at radius 2 is 2.25 bits per heavy atom. The minimum Gasteiger partial charge on any atom is -0.475 e. The van der Waals surface area contributed by atoms with Crippen LogP contribution in [-0.2, 0) is 6.54 Å². The van der Waals surface area contributed by atoms with Crippen molar-refractivity contribution in [2.75, 3.05) is 18.6 Å². The van der Waals surface area contributed by atoms with Crippen LogP contribution in [0.2, 0.25) is 0 Å². The average Bonchev–Trinajstić information content (AvgIpc) is 2.82. The van der Waals surface area contributed by atoms with Crippen LogP contribution in [0.4, 0.5) is 0 Å². The highest BCUT2D eigenvalue weighted by Gasteiger charge is 2.10. The fourth-order valence-electron chi connectivity index (χ4n) is 2.11. The summed E-state index contributed by atoms with van der Waals surface area (Å²) < 4.78 is 5.24. The Bertz CT molecular complexity index is 594. The van der Waals surface area contributed by atoms with Gasteiger partial charge in [-0.25, -0.2) is 4.79 Å². The number of benzene rings is 1. The van der Waals surface area contributed by atoms with Crippen molar-refractivity contribution >= 4 is 28.7 Å². The summed E-state index contributed by atoms with van der Waals surface area (Å²) >= 11 is 1.86.